The Morgan fingerprint density at radius 3 is 2.67 bits per heavy atom. The average molecular weight is 326 g/mol. The number of halogens is 2. The highest BCUT2D eigenvalue weighted by Gasteiger charge is 2.13. The van der Waals surface area contributed by atoms with Crippen LogP contribution >= 0.6 is 23.2 Å². The highest BCUT2D eigenvalue weighted by Crippen LogP contribution is 2.29. The summed E-state index contributed by atoms with van der Waals surface area (Å²) in [5.41, 5.74) is 6.65. The number of nitrogen functional groups attached to an aromatic ring is 1. The van der Waals surface area contributed by atoms with Gasteiger partial charge in [-0.1, -0.05) is 23.2 Å². The number of rotatable bonds is 4. The first kappa shape index (κ1) is 15.4. The van der Waals surface area contributed by atoms with E-state index in [1.807, 2.05) is 6.92 Å². The Kier molecular flexibility index (Phi) is 4.88. The summed E-state index contributed by atoms with van der Waals surface area (Å²) in [6.07, 6.45) is 1.58. The first-order valence-corrected chi connectivity index (χ1v) is 6.92. The predicted molar refractivity (Wildman–Crippen MR) is 84.2 cm³/mol. The largest absolute Gasteiger partial charge is 0.476 e. The Labute approximate surface area is 132 Å². The number of carbonyl (C=O) groups is 1. The van der Waals surface area contributed by atoms with Gasteiger partial charge in [-0.25, -0.2) is 4.98 Å². The highest BCUT2D eigenvalue weighted by atomic mass is 35.5. The standard InChI is InChI=1S/C14H13Cl2N3O2/c1-2-21-14-11(4-3-5-18-14)19-13(20)8-6-9(15)12(17)10(16)7-8/h3-7H,2,17H2,1H3,(H,19,20). The minimum atomic E-state index is -0.382. The van der Waals surface area contributed by atoms with Crippen molar-refractivity contribution in [2.24, 2.45) is 0 Å². The summed E-state index contributed by atoms with van der Waals surface area (Å²) in [5.74, 6) is -0.0336. The predicted octanol–water partition coefficient (Wildman–Crippen LogP) is 3.62. The number of amides is 1. The second-order valence-electron chi connectivity index (χ2n) is 4.10. The van der Waals surface area contributed by atoms with Gasteiger partial charge in [0.15, 0.2) is 0 Å². The van der Waals surface area contributed by atoms with Crippen LogP contribution in [0.3, 0.4) is 0 Å². The van der Waals surface area contributed by atoms with Crippen LogP contribution in [-0.4, -0.2) is 17.5 Å². The molecule has 0 aliphatic rings. The van der Waals surface area contributed by atoms with E-state index in [9.17, 15) is 4.79 Å². The third-order valence-corrected chi connectivity index (χ3v) is 3.27. The van der Waals surface area contributed by atoms with Crippen LogP contribution in [0.1, 0.15) is 17.3 Å². The SMILES string of the molecule is CCOc1ncccc1NC(=O)c1cc(Cl)c(N)c(Cl)c1. The zero-order valence-corrected chi connectivity index (χ0v) is 12.7. The number of hydrogen-bond acceptors (Lipinski definition) is 4. The van der Waals surface area contributed by atoms with Gasteiger partial charge in [-0.2, -0.15) is 0 Å². The molecule has 0 radical (unpaired) electrons. The molecule has 0 aliphatic heterocycles. The van der Waals surface area contributed by atoms with E-state index in [0.29, 0.717) is 23.7 Å². The lowest BCUT2D eigenvalue weighted by Crippen LogP contribution is -2.13. The molecule has 0 aliphatic carbocycles. The molecule has 7 heteroatoms. The van der Waals surface area contributed by atoms with Crippen molar-refractivity contribution < 1.29 is 9.53 Å². The maximum atomic E-state index is 12.2. The monoisotopic (exact) mass is 325 g/mol. The van der Waals surface area contributed by atoms with Crippen molar-refractivity contribution in [1.29, 1.82) is 0 Å². The summed E-state index contributed by atoms with van der Waals surface area (Å²) in [7, 11) is 0. The normalized spacial score (nSPS) is 10.2. The number of carbonyl (C=O) groups excluding carboxylic acids is 1. The molecule has 0 bridgehead atoms. The van der Waals surface area contributed by atoms with E-state index in [4.69, 9.17) is 33.7 Å². The van der Waals surface area contributed by atoms with E-state index in [-0.39, 0.29) is 21.6 Å². The van der Waals surface area contributed by atoms with Crippen LogP contribution in [-0.2, 0) is 0 Å². The summed E-state index contributed by atoms with van der Waals surface area (Å²) in [6.45, 7) is 2.28. The van der Waals surface area contributed by atoms with Gasteiger partial charge in [0, 0.05) is 11.8 Å². The van der Waals surface area contributed by atoms with Crippen molar-refractivity contribution in [2.75, 3.05) is 17.7 Å². The van der Waals surface area contributed by atoms with Crippen LogP contribution in [0.5, 0.6) is 5.88 Å². The molecule has 0 atom stereocenters. The van der Waals surface area contributed by atoms with Gasteiger partial charge < -0.3 is 15.8 Å². The number of pyridine rings is 1. The first-order chi connectivity index (χ1) is 10.0. The molecule has 1 aromatic carbocycles. The highest BCUT2D eigenvalue weighted by molar-refractivity contribution is 6.39. The van der Waals surface area contributed by atoms with Crippen molar-refractivity contribution >= 4 is 40.5 Å². The average Bonchev–Trinajstić information content (AvgIpc) is 2.46. The molecule has 21 heavy (non-hydrogen) atoms. The number of nitrogens with zero attached hydrogens (tertiary/aromatic N) is 1. The molecule has 110 valence electrons. The van der Waals surface area contributed by atoms with Crippen LogP contribution in [0.4, 0.5) is 11.4 Å². The molecule has 2 rings (SSSR count). The molecule has 1 aromatic heterocycles. The van der Waals surface area contributed by atoms with Crippen LogP contribution in [0.25, 0.3) is 0 Å². The molecule has 0 fully saturated rings. The molecule has 5 nitrogen and oxygen atoms in total. The van der Waals surface area contributed by atoms with Gasteiger partial charge in [-0.15, -0.1) is 0 Å². The number of anilines is 2. The molecule has 1 heterocycles. The fourth-order valence-electron chi connectivity index (χ4n) is 1.65. The maximum absolute atomic E-state index is 12.2. The summed E-state index contributed by atoms with van der Waals surface area (Å²) in [4.78, 5) is 16.3. The molecule has 3 N–H and O–H groups in total. The summed E-state index contributed by atoms with van der Waals surface area (Å²) >= 11 is 11.8. The molecular formula is C14H13Cl2N3O2. The van der Waals surface area contributed by atoms with Crippen molar-refractivity contribution in [3.05, 3.63) is 46.1 Å². The topological polar surface area (TPSA) is 77.2 Å². The first-order valence-electron chi connectivity index (χ1n) is 6.16. The number of ether oxygens (including phenoxy) is 1. The van der Waals surface area contributed by atoms with E-state index in [1.54, 1.807) is 18.3 Å². The Balaban J connectivity index is 2.26. The quantitative estimate of drug-likeness (QED) is 0.841. The second-order valence-corrected chi connectivity index (χ2v) is 4.91. The molecule has 0 saturated heterocycles. The van der Waals surface area contributed by atoms with Crippen molar-refractivity contribution in [1.82, 2.24) is 4.98 Å². The molecule has 1 amide bonds. The second kappa shape index (κ2) is 6.65. The van der Waals surface area contributed by atoms with E-state index in [0.717, 1.165) is 0 Å². The Bertz CT molecular complexity index is 654. The number of hydrogen-bond donors (Lipinski definition) is 2. The van der Waals surface area contributed by atoms with Gasteiger partial charge in [-0.05, 0) is 31.2 Å². The third kappa shape index (κ3) is 3.56. The maximum Gasteiger partial charge on any atom is 0.255 e. The number of nitrogens with two attached hydrogens (primary N) is 1. The van der Waals surface area contributed by atoms with Crippen molar-refractivity contribution in [3.63, 3.8) is 0 Å². The Morgan fingerprint density at radius 1 is 1.38 bits per heavy atom. The van der Waals surface area contributed by atoms with Crippen LogP contribution in [0.2, 0.25) is 10.0 Å². The van der Waals surface area contributed by atoms with Crippen LogP contribution in [0, 0.1) is 0 Å². The summed E-state index contributed by atoms with van der Waals surface area (Å²) in [6, 6.07) is 6.29. The molecular weight excluding hydrogens is 313 g/mol. The minimum absolute atomic E-state index is 0.226. The van der Waals surface area contributed by atoms with E-state index >= 15 is 0 Å². The van der Waals surface area contributed by atoms with Gasteiger partial charge in [-0.3, -0.25) is 4.79 Å². The van der Waals surface area contributed by atoms with Crippen LogP contribution in [0.15, 0.2) is 30.5 Å². The van der Waals surface area contributed by atoms with E-state index < -0.39 is 0 Å². The van der Waals surface area contributed by atoms with Gasteiger partial charge >= 0.3 is 0 Å². The Morgan fingerprint density at radius 2 is 2.05 bits per heavy atom. The smallest absolute Gasteiger partial charge is 0.255 e. The Hall–Kier alpha value is -1.98. The molecule has 0 saturated carbocycles. The van der Waals surface area contributed by atoms with Gasteiger partial charge in [0.05, 0.1) is 22.3 Å². The zero-order chi connectivity index (χ0) is 15.4. The summed E-state index contributed by atoms with van der Waals surface area (Å²) < 4.78 is 5.34. The van der Waals surface area contributed by atoms with Gasteiger partial charge in [0.1, 0.15) is 5.69 Å². The fourth-order valence-corrected chi connectivity index (χ4v) is 2.13. The third-order valence-electron chi connectivity index (χ3n) is 2.64. The number of nitrogens with one attached hydrogen (secondary N) is 1. The lowest BCUT2D eigenvalue weighted by molar-refractivity contribution is 0.102. The molecule has 0 spiro atoms. The van der Waals surface area contributed by atoms with Crippen molar-refractivity contribution in [3.8, 4) is 5.88 Å². The van der Waals surface area contributed by atoms with E-state index in [2.05, 4.69) is 10.3 Å². The van der Waals surface area contributed by atoms with Gasteiger partial charge in [0.25, 0.3) is 5.91 Å². The minimum Gasteiger partial charge on any atom is -0.476 e. The number of benzene rings is 1. The van der Waals surface area contributed by atoms with Crippen LogP contribution < -0.4 is 15.8 Å². The zero-order valence-electron chi connectivity index (χ0n) is 11.2. The molecule has 0 unspecified atom stereocenters. The summed E-state index contributed by atoms with van der Waals surface area (Å²) in [5, 5.41) is 3.15. The fraction of sp³-hybridized carbons (Fsp3) is 0.143. The van der Waals surface area contributed by atoms with Gasteiger partial charge in [0.2, 0.25) is 5.88 Å². The van der Waals surface area contributed by atoms with Crippen molar-refractivity contribution in [2.45, 2.75) is 6.92 Å². The molecule has 2 aromatic rings. The van der Waals surface area contributed by atoms with E-state index in [1.165, 1.54) is 12.1 Å². The lowest BCUT2D eigenvalue weighted by Gasteiger charge is -2.11. The lowest BCUT2D eigenvalue weighted by atomic mass is 10.2. The number of aromatic nitrogens is 1.